The first-order chi connectivity index (χ1) is 14.0. The molecule has 9 heteroatoms. The minimum atomic E-state index is -1.24. The molecule has 1 aliphatic rings. The first-order valence-corrected chi connectivity index (χ1v) is 12.3. The van der Waals surface area contributed by atoms with Crippen LogP contribution >= 0.6 is 46.6 Å². The number of rotatable bonds is 8. The number of ether oxygens (including phenoxy) is 1. The van der Waals surface area contributed by atoms with Crippen LogP contribution in [0.15, 0.2) is 35.2 Å². The summed E-state index contributed by atoms with van der Waals surface area (Å²) in [7, 11) is 0. The van der Waals surface area contributed by atoms with Gasteiger partial charge in [-0.3, -0.25) is 4.90 Å². The van der Waals surface area contributed by atoms with Gasteiger partial charge in [0.1, 0.15) is 5.60 Å². The summed E-state index contributed by atoms with van der Waals surface area (Å²) in [6, 6.07) is 10.2. The third-order valence-electron chi connectivity index (χ3n) is 4.58. The van der Waals surface area contributed by atoms with E-state index in [2.05, 4.69) is 27.2 Å². The van der Waals surface area contributed by atoms with E-state index in [4.69, 9.17) is 39.5 Å². The summed E-state index contributed by atoms with van der Waals surface area (Å²) in [5.41, 5.74) is -0.514. The van der Waals surface area contributed by atoms with Gasteiger partial charge in [0.2, 0.25) is 3.79 Å². The van der Waals surface area contributed by atoms with Crippen LogP contribution in [0.3, 0.4) is 0 Å². The molecular formula is C21H32Cl3N3O2S. The molecule has 0 saturated carbocycles. The molecule has 1 aromatic carbocycles. The van der Waals surface area contributed by atoms with Crippen molar-refractivity contribution in [1.82, 2.24) is 15.1 Å². The standard InChI is InChI=1S/C21H32Cl3N3O2S/c1-20(2,3)29-19(28)25-17(15-30-18-7-5-4-6-8-18)9-10-26-11-13-27(14-12-26)16-21(22,23)24/h4-8,17H,9-16H2,1-3H3,(H,25,28)/t17-/m1/s1. The first kappa shape index (κ1) is 25.9. The zero-order chi connectivity index (χ0) is 22.2. The average molecular weight is 497 g/mol. The maximum Gasteiger partial charge on any atom is 0.407 e. The minimum Gasteiger partial charge on any atom is -0.444 e. The van der Waals surface area contributed by atoms with Crippen molar-refractivity contribution in [3.05, 3.63) is 30.3 Å². The highest BCUT2D eigenvalue weighted by atomic mass is 35.6. The van der Waals surface area contributed by atoms with Crippen LogP contribution in [0.1, 0.15) is 27.2 Å². The number of carbonyl (C=O) groups excluding carboxylic acids is 1. The Hall–Kier alpha value is -0.370. The third kappa shape index (κ3) is 11.3. The van der Waals surface area contributed by atoms with Crippen molar-refractivity contribution >= 4 is 52.7 Å². The minimum absolute atomic E-state index is 0.0178. The van der Waals surface area contributed by atoms with Crippen LogP contribution in [0, 0.1) is 0 Å². The molecule has 1 aromatic rings. The zero-order valence-corrected chi connectivity index (χ0v) is 21.0. The topological polar surface area (TPSA) is 44.8 Å². The predicted molar refractivity (Wildman–Crippen MR) is 128 cm³/mol. The Morgan fingerprint density at radius 3 is 2.27 bits per heavy atom. The third-order valence-corrected chi connectivity index (χ3v) is 6.11. The van der Waals surface area contributed by atoms with Crippen LogP contribution < -0.4 is 5.32 Å². The van der Waals surface area contributed by atoms with Crippen LogP contribution in [0.25, 0.3) is 0 Å². The molecule has 0 aromatic heterocycles. The molecule has 30 heavy (non-hydrogen) atoms. The summed E-state index contributed by atoms with van der Waals surface area (Å²) >= 11 is 19.5. The Labute approximate surface area is 199 Å². The van der Waals surface area contributed by atoms with Crippen molar-refractivity contribution in [1.29, 1.82) is 0 Å². The lowest BCUT2D eigenvalue weighted by Crippen LogP contribution is -2.50. The van der Waals surface area contributed by atoms with E-state index >= 15 is 0 Å². The Bertz CT molecular complexity index is 645. The van der Waals surface area contributed by atoms with E-state index in [0.717, 1.165) is 44.9 Å². The van der Waals surface area contributed by atoms with Gasteiger partial charge < -0.3 is 15.0 Å². The predicted octanol–water partition coefficient (Wildman–Crippen LogP) is 5.05. The Balaban J connectivity index is 1.83. The van der Waals surface area contributed by atoms with Gasteiger partial charge in [-0.25, -0.2) is 4.79 Å². The van der Waals surface area contributed by atoms with Crippen molar-refractivity contribution in [3.8, 4) is 0 Å². The zero-order valence-electron chi connectivity index (χ0n) is 17.9. The van der Waals surface area contributed by atoms with Crippen molar-refractivity contribution < 1.29 is 9.53 Å². The van der Waals surface area contributed by atoms with E-state index in [1.54, 1.807) is 11.8 Å². The van der Waals surface area contributed by atoms with Crippen LogP contribution in [0.5, 0.6) is 0 Å². The lowest BCUT2D eigenvalue weighted by molar-refractivity contribution is 0.0502. The van der Waals surface area contributed by atoms with Gasteiger partial charge in [0, 0.05) is 56.0 Å². The van der Waals surface area contributed by atoms with Crippen molar-refractivity contribution in [2.75, 3.05) is 45.0 Å². The number of nitrogens with zero attached hydrogens (tertiary/aromatic N) is 2. The molecule has 0 aliphatic carbocycles. The Morgan fingerprint density at radius 1 is 1.10 bits per heavy atom. The van der Waals surface area contributed by atoms with Crippen LogP contribution in [-0.2, 0) is 4.74 Å². The van der Waals surface area contributed by atoms with E-state index in [0.29, 0.717) is 6.54 Å². The molecule has 0 unspecified atom stereocenters. The first-order valence-electron chi connectivity index (χ1n) is 10.2. The van der Waals surface area contributed by atoms with E-state index in [-0.39, 0.29) is 12.1 Å². The fourth-order valence-corrected chi connectivity index (χ4v) is 4.65. The van der Waals surface area contributed by atoms with E-state index in [1.165, 1.54) is 4.90 Å². The fourth-order valence-electron chi connectivity index (χ4n) is 3.15. The highest BCUT2D eigenvalue weighted by Gasteiger charge is 2.27. The Morgan fingerprint density at radius 2 is 1.70 bits per heavy atom. The number of piperazine rings is 1. The van der Waals surface area contributed by atoms with E-state index in [9.17, 15) is 4.79 Å². The highest BCUT2D eigenvalue weighted by Crippen LogP contribution is 2.27. The number of halogens is 3. The summed E-state index contributed by atoms with van der Waals surface area (Å²) in [4.78, 5) is 18.1. The summed E-state index contributed by atoms with van der Waals surface area (Å²) < 4.78 is 4.22. The summed E-state index contributed by atoms with van der Waals surface area (Å²) in [6.45, 7) is 10.6. The molecule has 1 amide bonds. The second-order valence-electron chi connectivity index (χ2n) is 8.49. The van der Waals surface area contributed by atoms with Crippen LogP contribution in [-0.4, -0.2) is 76.3 Å². The molecule has 0 radical (unpaired) electrons. The summed E-state index contributed by atoms with van der Waals surface area (Å²) in [5.74, 6) is 0.788. The van der Waals surface area contributed by atoms with Gasteiger partial charge >= 0.3 is 6.09 Å². The quantitative estimate of drug-likeness (QED) is 0.403. The molecule has 170 valence electrons. The molecule has 1 fully saturated rings. The number of hydrogen-bond donors (Lipinski definition) is 1. The number of carbonyl (C=O) groups is 1. The van der Waals surface area contributed by atoms with E-state index < -0.39 is 9.39 Å². The second kappa shape index (κ2) is 12.0. The monoisotopic (exact) mass is 495 g/mol. The summed E-state index contributed by atoms with van der Waals surface area (Å²) in [6.07, 6.45) is 0.484. The number of thioether (sulfide) groups is 1. The molecule has 1 saturated heterocycles. The van der Waals surface area contributed by atoms with Gasteiger partial charge in [0.15, 0.2) is 0 Å². The number of alkyl carbamates (subject to hydrolysis) is 1. The average Bonchev–Trinajstić information content (AvgIpc) is 2.63. The van der Waals surface area contributed by atoms with Crippen LogP contribution in [0.4, 0.5) is 4.79 Å². The number of nitrogens with one attached hydrogen (secondary N) is 1. The fraction of sp³-hybridized carbons (Fsp3) is 0.667. The van der Waals surface area contributed by atoms with Crippen LogP contribution in [0.2, 0.25) is 0 Å². The van der Waals surface area contributed by atoms with Gasteiger partial charge in [-0.15, -0.1) is 11.8 Å². The highest BCUT2D eigenvalue weighted by molar-refractivity contribution is 7.99. The molecule has 0 spiro atoms. The summed E-state index contributed by atoms with van der Waals surface area (Å²) in [5, 5.41) is 3.05. The van der Waals surface area contributed by atoms with Gasteiger partial charge in [0.05, 0.1) is 0 Å². The molecule has 2 rings (SSSR count). The normalized spacial score (nSPS) is 17.5. The maximum absolute atomic E-state index is 12.3. The molecule has 1 aliphatic heterocycles. The largest absolute Gasteiger partial charge is 0.444 e. The van der Waals surface area contributed by atoms with E-state index in [1.807, 2.05) is 39.0 Å². The van der Waals surface area contributed by atoms with Crippen molar-refractivity contribution in [2.45, 2.75) is 47.5 Å². The second-order valence-corrected chi connectivity index (χ2v) is 12.1. The number of alkyl halides is 3. The van der Waals surface area contributed by atoms with Gasteiger partial charge in [0.25, 0.3) is 0 Å². The molecule has 1 atom stereocenters. The molecular weight excluding hydrogens is 465 g/mol. The van der Waals surface area contributed by atoms with Gasteiger partial charge in [-0.2, -0.15) is 0 Å². The van der Waals surface area contributed by atoms with Gasteiger partial charge in [-0.05, 0) is 39.3 Å². The molecule has 0 bridgehead atoms. The van der Waals surface area contributed by atoms with Crippen molar-refractivity contribution in [3.63, 3.8) is 0 Å². The smallest absolute Gasteiger partial charge is 0.407 e. The molecule has 5 nitrogen and oxygen atoms in total. The number of amides is 1. The number of hydrogen-bond acceptors (Lipinski definition) is 5. The lowest BCUT2D eigenvalue weighted by atomic mass is 10.2. The SMILES string of the molecule is CC(C)(C)OC(=O)N[C@H](CCN1CCN(CC(Cl)(Cl)Cl)CC1)CSc1ccccc1. The van der Waals surface area contributed by atoms with Gasteiger partial charge in [-0.1, -0.05) is 53.0 Å². The number of benzene rings is 1. The Kier molecular flexibility index (Phi) is 10.4. The van der Waals surface area contributed by atoms with Crippen molar-refractivity contribution in [2.24, 2.45) is 0 Å². The molecule has 1 heterocycles. The molecule has 1 N–H and O–H groups in total. The lowest BCUT2D eigenvalue weighted by Gasteiger charge is -2.36. The maximum atomic E-state index is 12.3.